The van der Waals surface area contributed by atoms with Crippen LogP contribution in [0.5, 0.6) is 0 Å². The molecule has 0 amide bonds. The van der Waals surface area contributed by atoms with E-state index in [4.69, 9.17) is 6.42 Å². The van der Waals surface area contributed by atoms with Crippen LogP contribution in [-0.4, -0.2) is 5.78 Å². The summed E-state index contributed by atoms with van der Waals surface area (Å²) in [5.74, 6) is 9.59. The third kappa shape index (κ3) is 11.4. The molecule has 0 radical (unpaired) electrons. The van der Waals surface area contributed by atoms with Crippen LogP contribution in [0.4, 0.5) is 0 Å². The summed E-state index contributed by atoms with van der Waals surface area (Å²) in [5.41, 5.74) is -0.0414. The lowest BCUT2D eigenvalue weighted by Crippen LogP contribution is -2.08. The zero-order chi connectivity index (χ0) is 15.4. The first kappa shape index (κ1) is 18.3. The molecule has 0 aromatic heterocycles. The van der Waals surface area contributed by atoms with Gasteiger partial charge in [0.05, 0.1) is 0 Å². The van der Waals surface area contributed by atoms with Crippen molar-refractivity contribution in [1.29, 1.82) is 0 Å². The second kappa shape index (κ2) is 10.1. The molecular weight excluding hydrogens is 244 g/mol. The molecule has 0 aliphatic rings. The van der Waals surface area contributed by atoms with Gasteiger partial charge >= 0.3 is 0 Å². The number of Topliss-reactive ketones (excluding diaryl/α,β-unsaturated/α-hetero) is 1. The number of carbonyl (C=O) groups is 1. The lowest BCUT2D eigenvalue weighted by Gasteiger charge is -2.16. The Morgan fingerprint density at radius 1 is 1.35 bits per heavy atom. The van der Waals surface area contributed by atoms with E-state index in [9.17, 15) is 4.79 Å². The molecule has 0 fully saturated rings. The minimum absolute atomic E-state index is 0.0414. The van der Waals surface area contributed by atoms with E-state index in [0.29, 0.717) is 12.3 Å². The molecule has 0 bridgehead atoms. The van der Waals surface area contributed by atoms with Crippen LogP contribution in [0.15, 0.2) is 24.3 Å². The number of allylic oxidation sites excluding steroid dienone is 4. The summed E-state index contributed by atoms with van der Waals surface area (Å²) < 4.78 is 0. The quantitative estimate of drug-likeness (QED) is 0.490. The highest BCUT2D eigenvalue weighted by atomic mass is 16.1. The molecule has 0 rings (SSSR count). The monoisotopic (exact) mass is 270 g/mol. The Balaban J connectivity index is 4.17. The molecule has 1 atom stereocenters. The fraction of sp³-hybridized carbons (Fsp3) is 0.526. The third-order valence-corrected chi connectivity index (χ3v) is 2.91. The van der Waals surface area contributed by atoms with Crippen LogP contribution in [0.3, 0.4) is 0 Å². The molecule has 0 spiro atoms. The average molecular weight is 270 g/mol. The molecule has 0 aliphatic heterocycles. The second-order valence-corrected chi connectivity index (χ2v) is 5.84. The zero-order valence-electron chi connectivity index (χ0n) is 13.2. The van der Waals surface area contributed by atoms with Crippen LogP contribution in [0.1, 0.15) is 53.4 Å². The minimum Gasteiger partial charge on any atom is -0.300 e. The molecule has 0 aromatic carbocycles. The first-order valence-electron chi connectivity index (χ1n) is 7.16. The summed E-state index contributed by atoms with van der Waals surface area (Å²) in [6.45, 7) is 7.94. The number of ketones is 1. The molecule has 0 aromatic rings. The van der Waals surface area contributed by atoms with Gasteiger partial charge in [0.25, 0.3) is 0 Å². The highest BCUT2D eigenvalue weighted by Gasteiger charge is 2.13. The molecule has 20 heavy (non-hydrogen) atoms. The molecule has 0 saturated carbocycles. The normalized spacial score (nSPS) is 12.9. The van der Waals surface area contributed by atoms with E-state index in [1.54, 1.807) is 6.92 Å². The Bertz CT molecular complexity index is 446. The number of hydrogen-bond acceptors (Lipinski definition) is 1. The number of terminal acetylenes is 1. The van der Waals surface area contributed by atoms with Crippen LogP contribution in [0.25, 0.3) is 0 Å². The van der Waals surface area contributed by atoms with Gasteiger partial charge in [0, 0.05) is 18.3 Å². The molecule has 0 aliphatic carbocycles. The predicted molar refractivity (Wildman–Crippen MR) is 87.0 cm³/mol. The molecule has 0 saturated heterocycles. The highest BCUT2D eigenvalue weighted by Crippen LogP contribution is 2.21. The van der Waals surface area contributed by atoms with Crippen molar-refractivity contribution in [3.63, 3.8) is 0 Å². The van der Waals surface area contributed by atoms with Gasteiger partial charge in [-0.15, -0.1) is 12.3 Å². The Morgan fingerprint density at radius 3 is 2.65 bits per heavy atom. The maximum Gasteiger partial charge on any atom is 0.129 e. The van der Waals surface area contributed by atoms with Crippen LogP contribution >= 0.6 is 0 Å². The van der Waals surface area contributed by atoms with Gasteiger partial charge in [0.1, 0.15) is 5.78 Å². The fourth-order valence-corrected chi connectivity index (χ4v) is 1.69. The first-order chi connectivity index (χ1) is 9.37. The van der Waals surface area contributed by atoms with E-state index < -0.39 is 0 Å². The van der Waals surface area contributed by atoms with E-state index in [1.807, 2.05) is 18.2 Å². The van der Waals surface area contributed by atoms with Gasteiger partial charge in [-0.25, -0.2) is 0 Å². The van der Waals surface area contributed by atoms with Crippen molar-refractivity contribution in [2.75, 3.05) is 0 Å². The highest BCUT2D eigenvalue weighted by molar-refractivity contribution is 5.75. The molecular formula is C19H26O. The third-order valence-electron chi connectivity index (χ3n) is 2.91. The van der Waals surface area contributed by atoms with Crippen molar-refractivity contribution in [3.05, 3.63) is 24.3 Å². The Labute approximate surface area is 124 Å². The van der Waals surface area contributed by atoms with Crippen LogP contribution < -0.4 is 0 Å². The minimum atomic E-state index is -0.0414. The summed E-state index contributed by atoms with van der Waals surface area (Å²) in [6, 6.07) is 0. The van der Waals surface area contributed by atoms with Crippen molar-refractivity contribution >= 4 is 5.78 Å². The maximum absolute atomic E-state index is 10.9. The van der Waals surface area contributed by atoms with Gasteiger partial charge in [-0.3, -0.25) is 0 Å². The Morgan fingerprint density at radius 2 is 2.05 bits per heavy atom. The molecule has 0 heterocycles. The number of hydrogen-bond donors (Lipinski definition) is 0. The van der Waals surface area contributed by atoms with Crippen molar-refractivity contribution in [3.8, 4) is 24.2 Å². The zero-order valence-corrected chi connectivity index (χ0v) is 13.2. The topological polar surface area (TPSA) is 17.1 Å². The van der Waals surface area contributed by atoms with Crippen molar-refractivity contribution in [2.24, 2.45) is 11.3 Å². The number of carbonyl (C=O) groups excluding carboxylic acids is 1. The van der Waals surface area contributed by atoms with E-state index in [0.717, 1.165) is 19.3 Å². The molecule has 1 nitrogen and oxygen atoms in total. The Hall–Kier alpha value is -1.73. The van der Waals surface area contributed by atoms with Crippen molar-refractivity contribution in [1.82, 2.24) is 0 Å². The van der Waals surface area contributed by atoms with Crippen molar-refractivity contribution in [2.45, 2.75) is 53.4 Å². The summed E-state index contributed by atoms with van der Waals surface area (Å²) in [7, 11) is 0. The lowest BCUT2D eigenvalue weighted by atomic mass is 9.87. The van der Waals surface area contributed by atoms with Gasteiger partial charge in [0.2, 0.25) is 0 Å². The van der Waals surface area contributed by atoms with E-state index >= 15 is 0 Å². The van der Waals surface area contributed by atoms with Gasteiger partial charge in [0.15, 0.2) is 0 Å². The number of rotatable bonds is 7. The summed E-state index contributed by atoms with van der Waals surface area (Å²) in [5, 5.41) is 0. The van der Waals surface area contributed by atoms with Crippen molar-refractivity contribution < 1.29 is 4.79 Å². The SMILES string of the molecule is C#CCC(C)C=CC=CC#CC(C)(C)CCCC(C)=O. The van der Waals surface area contributed by atoms with E-state index in [2.05, 4.69) is 44.6 Å². The van der Waals surface area contributed by atoms with Gasteiger partial charge in [-0.1, -0.05) is 37.0 Å². The van der Waals surface area contributed by atoms with Crippen LogP contribution in [0, 0.1) is 35.5 Å². The Kier molecular flexibility index (Phi) is 9.23. The molecule has 0 N–H and O–H groups in total. The van der Waals surface area contributed by atoms with E-state index in [-0.39, 0.29) is 11.2 Å². The largest absolute Gasteiger partial charge is 0.300 e. The lowest BCUT2D eigenvalue weighted by molar-refractivity contribution is -0.117. The second-order valence-electron chi connectivity index (χ2n) is 5.84. The predicted octanol–water partition coefficient (Wildman–Crippen LogP) is 4.55. The first-order valence-corrected chi connectivity index (χ1v) is 7.16. The van der Waals surface area contributed by atoms with Gasteiger partial charge in [-0.2, -0.15) is 0 Å². The summed E-state index contributed by atoms with van der Waals surface area (Å²) >= 11 is 0. The van der Waals surface area contributed by atoms with Crippen LogP contribution in [0.2, 0.25) is 0 Å². The fourth-order valence-electron chi connectivity index (χ4n) is 1.69. The standard InChI is InChI=1S/C19H26O/c1-6-12-17(2)13-9-7-8-10-15-19(4,5)16-11-14-18(3)20/h1,7-9,13,17H,11-12,14,16H2,2-5H3. The smallest absolute Gasteiger partial charge is 0.129 e. The van der Waals surface area contributed by atoms with Gasteiger partial charge in [-0.05, 0) is 45.6 Å². The summed E-state index contributed by atoms with van der Waals surface area (Å²) in [6.07, 6.45) is 16.4. The molecule has 1 heteroatoms. The van der Waals surface area contributed by atoms with Gasteiger partial charge < -0.3 is 4.79 Å². The van der Waals surface area contributed by atoms with Crippen LogP contribution in [-0.2, 0) is 4.79 Å². The molecule has 1 unspecified atom stereocenters. The molecule has 108 valence electrons. The average Bonchev–Trinajstić information content (AvgIpc) is 2.33. The maximum atomic E-state index is 10.9. The van der Waals surface area contributed by atoms with E-state index in [1.165, 1.54) is 0 Å². The summed E-state index contributed by atoms with van der Waals surface area (Å²) in [4.78, 5) is 10.9.